The zero-order chi connectivity index (χ0) is 15.2. The lowest BCUT2D eigenvalue weighted by Crippen LogP contribution is -2.26. The summed E-state index contributed by atoms with van der Waals surface area (Å²) in [6.45, 7) is 7.26. The molecule has 0 atom stereocenters. The second kappa shape index (κ2) is 7.76. The summed E-state index contributed by atoms with van der Waals surface area (Å²) < 4.78 is 27.3. The lowest BCUT2D eigenvalue weighted by atomic mass is 10.1. The highest BCUT2D eigenvalue weighted by atomic mass is 32.2. The second-order valence-corrected chi connectivity index (χ2v) is 7.30. The van der Waals surface area contributed by atoms with E-state index >= 15 is 0 Å². The summed E-state index contributed by atoms with van der Waals surface area (Å²) in [5, 5.41) is 3.03. The van der Waals surface area contributed by atoms with Crippen LogP contribution in [0.25, 0.3) is 0 Å². The Morgan fingerprint density at radius 1 is 1.25 bits per heavy atom. The van der Waals surface area contributed by atoms with E-state index in [1.54, 1.807) is 6.07 Å². The molecule has 1 aromatic carbocycles. The molecule has 20 heavy (non-hydrogen) atoms. The molecular weight excluding hydrogens is 272 g/mol. The van der Waals surface area contributed by atoms with Crippen molar-refractivity contribution in [3.63, 3.8) is 0 Å². The maximum absolute atomic E-state index is 12.3. The summed E-state index contributed by atoms with van der Waals surface area (Å²) in [6, 6.07) is 5.55. The number of hydrogen-bond donors (Lipinski definition) is 2. The molecular formula is C15H26N2O2S. The molecule has 4 nitrogen and oxygen atoms in total. The number of rotatable bonds is 8. The number of nitrogens with one attached hydrogen (secondary N) is 2. The number of hydrogen-bond acceptors (Lipinski definition) is 3. The van der Waals surface area contributed by atoms with Crippen LogP contribution in [0.4, 0.5) is 0 Å². The van der Waals surface area contributed by atoms with E-state index in [1.165, 1.54) is 0 Å². The predicted molar refractivity (Wildman–Crippen MR) is 83.2 cm³/mol. The zero-order valence-corrected chi connectivity index (χ0v) is 13.7. The summed E-state index contributed by atoms with van der Waals surface area (Å²) >= 11 is 0. The highest BCUT2D eigenvalue weighted by Gasteiger charge is 2.16. The maximum atomic E-state index is 12.3. The van der Waals surface area contributed by atoms with Gasteiger partial charge in [-0.25, -0.2) is 13.1 Å². The Balaban J connectivity index is 2.78. The van der Waals surface area contributed by atoms with Crippen molar-refractivity contribution in [2.45, 2.75) is 45.1 Å². The van der Waals surface area contributed by atoms with Crippen LogP contribution in [0.5, 0.6) is 0 Å². The van der Waals surface area contributed by atoms with Crippen molar-refractivity contribution in [2.75, 3.05) is 13.6 Å². The molecule has 1 rings (SSSR count). The monoisotopic (exact) mass is 298 g/mol. The van der Waals surface area contributed by atoms with Gasteiger partial charge in [0.05, 0.1) is 4.90 Å². The fraction of sp³-hybridized carbons (Fsp3) is 0.600. The van der Waals surface area contributed by atoms with E-state index in [-0.39, 0.29) is 0 Å². The van der Waals surface area contributed by atoms with Crippen molar-refractivity contribution in [1.29, 1.82) is 0 Å². The molecule has 0 aliphatic carbocycles. The summed E-state index contributed by atoms with van der Waals surface area (Å²) in [5.74, 6) is 0.597. The third-order valence-electron chi connectivity index (χ3n) is 3.17. The molecule has 0 unspecified atom stereocenters. The van der Waals surface area contributed by atoms with Gasteiger partial charge in [0, 0.05) is 13.1 Å². The van der Waals surface area contributed by atoms with E-state index in [4.69, 9.17) is 0 Å². The van der Waals surface area contributed by atoms with Crippen LogP contribution >= 0.6 is 0 Å². The first-order valence-corrected chi connectivity index (χ1v) is 8.59. The van der Waals surface area contributed by atoms with Crippen molar-refractivity contribution in [2.24, 2.45) is 5.92 Å². The maximum Gasteiger partial charge on any atom is 0.240 e. The first kappa shape index (κ1) is 17.1. The van der Waals surface area contributed by atoms with E-state index in [0.717, 1.165) is 24.0 Å². The average molecular weight is 298 g/mol. The second-order valence-electron chi connectivity index (χ2n) is 5.56. The smallest absolute Gasteiger partial charge is 0.240 e. The van der Waals surface area contributed by atoms with Crippen LogP contribution in [0.1, 0.15) is 37.8 Å². The van der Waals surface area contributed by atoms with Crippen molar-refractivity contribution in [3.8, 4) is 0 Å². The van der Waals surface area contributed by atoms with Gasteiger partial charge in [0.1, 0.15) is 0 Å². The van der Waals surface area contributed by atoms with Crippen molar-refractivity contribution < 1.29 is 8.42 Å². The van der Waals surface area contributed by atoms with Crippen LogP contribution in [0.3, 0.4) is 0 Å². The van der Waals surface area contributed by atoms with E-state index in [1.807, 2.05) is 26.1 Å². The minimum atomic E-state index is -3.41. The van der Waals surface area contributed by atoms with E-state index in [2.05, 4.69) is 23.9 Å². The van der Waals surface area contributed by atoms with Gasteiger partial charge in [-0.1, -0.05) is 26.0 Å². The lowest BCUT2D eigenvalue weighted by molar-refractivity contribution is 0.539. The molecule has 5 heteroatoms. The van der Waals surface area contributed by atoms with Gasteiger partial charge >= 0.3 is 0 Å². The van der Waals surface area contributed by atoms with Gasteiger partial charge in [-0.05, 0) is 49.9 Å². The SMILES string of the molecule is CNCc1ccc(C)c(S(=O)(=O)NCCCC(C)C)c1. The molecule has 0 fully saturated rings. The van der Waals surface area contributed by atoms with E-state index in [0.29, 0.717) is 23.9 Å². The van der Waals surface area contributed by atoms with E-state index in [9.17, 15) is 8.42 Å². The predicted octanol–water partition coefficient (Wildman–Crippen LogP) is 2.43. The number of sulfonamides is 1. The van der Waals surface area contributed by atoms with Gasteiger partial charge in [-0.15, -0.1) is 0 Å². The van der Waals surface area contributed by atoms with Crippen LogP contribution in [-0.4, -0.2) is 22.0 Å². The van der Waals surface area contributed by atoms with Crippen molar-refractivity contribution in [3.05, 3.63) is 29.3 Å². The van der Waals surface area contributed by atoms with Crippen molar-refractivity contribution >= 4 is 10.0 Å². The van der Waals surface area contributed by atoms with Crippen LogP contribution in [-0.2, 0) is 16.6 Å². The molecule has 114 valence electrons. The fourth-order valence-electron chi connectivity index (χ4n) is 2.04. The lowest BCUT2D eigenvalue weighted by Gasteiger charge is -2.11. The van der Waals surface area contributed by atoms with Gasteiger partial charge in [-0.3, -0.25) is 0 Å². The summed E-state index contributed by atoms with van der Waals surface area (Å²) in [7, 11) is -1.56. The van der Waals surface area contributed by atoms with Gasteiger partial charge in [0.15, 0.2) is 0 Å². The molecule has 0 saturated carbocycles. The fourth-order valence-corrected chi connectivity index (χ4v) is 3.41. The molecule has 0 aromatic heterocycles. The van der Waals surface area contributed by atoms with Crippen LogP contribution in [0.15, 0.2) is 23.1 Å². The van der Waals surface area contributed by atoms with Gasteiger partial charge in [0.25, 0.3) is 0 Å². The summed E-state index contributed by atoms with van der Waals surface area (Å²) in [6.07, 6.45) is 1.90. The van der Waals surface area contributed by atoms with Crippen LogP contribution in [0, 0.1) is 12.8 Å². The van der Waals surface area contributed by atoms with Gasteiger partial charge in [-0.2, -0.15) is 0 Å². The highest BCUT2D eigenvalue weighted by molar-refractivity contribution is 7.89. The molecule has 2 N–H and O–H groups in total. The molecule has 0 heterocycles. The first-order valence-electron chi connectivity index (χ1n) is 7.10. The molecule has 1 aromatic rings. The summed E-state index contributed by atoms with van der Waals surface area (Å²) in [4.78, 5) is 0.384. The molecule has 0 amide bonds. The van der Waals surface area contributed by atoms with Gasteiger partial charge < -0.3 is 5.32 Å². The molecule has 0 aliphatic rings. The molecule has 0 saturated heterocycles. The first-order chi connectivity index (χ1) is 9.36. The van der Waals surface area contributed by atoms with Crippen LogP contribution in [0.2, 0.25) is 0 Å². The third-order valence-corrected chi connectivity index (χ3v) is 4.78. The Morgan fingerprint density at radius 2 is 1.95 bits per heavy atom. The Bertz CT molecular complexity index is 525. The minimum absolute atomic E-state index is 0.384. The third kappa shape index (κ3) is 5.23. The molecule has 0 spiro atoms. The molecule has 0 aliphatic heterocycles. The summed E-state index contributed by atoms with van der Waals surface area (Å²) in [5.41, 5.74) is 1.75. The van der Waals surface area contributed by atoms with Crippen LogP contribution < -0.4 is 10.0 Å². The number of aryl methyl sites for hydroxylation is 1. The minimum Gasteiger partial charge on any atom is -0.316 e. The Hall–Kier alpha value is -0.910. The Labute approximate surface area is 123 Å². The average Bonchev–Trinajstić information content (AvgIpc) is 2.37. The normalized spacial score (nSPS) is 12.1. The standard InChI is InChI=1S/C15H26N2O2S/c1-12(2)6-5-9-17-20(18,19)15-10-14(11-16-4)8-7-13(15)3/h7-8,10,12,16-17H,5-6,9,11H2,1-4H3. The number of benzene rings is 1. The van der Waals surface area contributed by atoms with Gasteiger partial charge in [0.2, 0.25) is 10.0 Å². The molecule has 0 radical (unpaired) electrons. The highest BCUT2D eigenvalue weighted by Crippen LogP contribution is 2.17. The zero-order valence-electron chi connectivity index (χ0n) is 12.9. The topological polar surface area (TPSA) is 58.2 Å². The quantitative estimate of drug-likeness (QED) is 0.725. The molecule has 0 bridgehead atoms. The van der Waals surface area contributed by atoms with Crippen molar-refractivity contribution in [1.82, 2.24) is 10.0 Å². The van der Waals surface area contributed by atoms with E-state index < -0.39 is 10.0 Å². The largest absolute Gasteiger partial charge is 0.316 e. The Kier molecular flexibility index (Phi) is 6.65. The Morgan fingerprint density at radius 3 is 2.55 bits per heavy atom.